The largest absolute Gasteiger partial charge is 0.493 e. The quantitative estimate of drug-likeness (QED) is 0.0208. The van der Waals surface area contributed by atoms with Crippen molar-refractivity contribution in [2.24, 2.45) is 0 Å². The van der Waals surface area contributed by atoms with E-state index in [1.54, 1.807) is 24.8 Å². The summed E-state index contributed by atoms with van der Waals surface area (Å²) < 4.78 is 27.3. The van der Waals surface area contributed by atoms with Gasteiger partial charge in [0.2, 0.25) is 0 Å². The van der Waals surface area contributed by atoms with Crippen molar-refractivity contribution in [3.63, 3.8) is 0 Å². The van der Waals surface area contributed by atoms with Gasteiger partial charge in [-0.25, -0.2) is 9.97 Å². The number of unbranched alkanes of at least 4 members (excludes halogenated alkanes) is 20. The average Bonchev–Trinajstić information content (AvgIpc) is 0.819. The van der Waals surface area contributed by atoms with Crippen LogP contribution in [0.15, 0.2) is 219 Å². The van der Waals surface area contributed by atoms with Gasteiger partial charge in [0.25, 0.3) is 0 Å². The van der Waals surface area contributed by atoms with Crippen molar-refractivity contribution in [3.8, 4) is 114 Å². The topological polar surface area (TPSA) is 114 Å². The molecular weight excluding hydrogens is 1350 g/mol. The van der Waals surface area contributed by atoms with Gasteiger partial charge in [-0.05, 0) is 168 Å². The van der Waals surface area contributed by atoms with Crippen LogP contribution >= 0.6 is 0 Å². The molecule has 10 nitrogen and oxygen atoms in total. The van der Waals surface area contributed by atoms with Crippen molar-refractivity contribution >= 4 is 24.3 Å². The molecule has 0 unspecified atom stereocenters. The minimum Gasteiger partial charge on any atom is -0.493 e. The van der Waals surface area contributed by atoms with Crippen molar-refractivity contribution in [1.82, 2.24) is 29.9 Å². The van der Waals surface area contributed by atoms with E-state index in [-0.39, 0.29) is 0 Å². The van der Waals surface area contributed by atoms with Crippen LogP contribution in [-0.4, -0.2) is 56.3 Å². The second-order valence-electron chi connectivity index (χ2n) is 28.3. The lowest BCUT2D eigenvalue weighted by Gasteiger charge is -2.15. The molecule has 0 aliphatic carbocycles. The summed E-state index contributed by atoms with van der Waals surface area (Å²) in [6.45, 7) is 11.4. The monoisotopic (exact) mass is 1460 g/mol. The lowest BCUT2D eigenvalue weighted by molar-refractivity contribution is 0.295. The fraction of sp³-hybridized carbons (Fsp3) is 0.320. The van der Waals surface area contributed by atoms with Crippen molar-refractivity contribution in [3.05, 3.63) is 263 Å². The summed E-state index contributed by atoms with van der Waals surface area (Å²) in [6.07, 6.45) is 43.8. The van der Waals surface area contributed by atoms with Gasteiger partial charge in [-0.3, -0.25) is 19.9 Å². The van der Waals surface area contributed by atoms with Gasteiger partial charge in [-0.1, -0.05) is 277 Å². The van der Waals surface area contributed by atoms with Gasteiger partial charge < -0.3 is 18.9 Å². The first kappa shape index (κ1) is 79.8. The van der Waals surface area contributed by atoms with E-state index in [1.807, 2.05) is 72.8 Å². The van der Waals surface area contributed by atoms with E-state index >= 15 is 0 Å². The Labute approximate surface area is 655 Å². The van der Waals surface area contributed by atoms with Crippen molar-refractivity contribution in [1.29, 1.82) is 0 Å². The third-order valence-electron chi connectivity index (χ3n) is 19.6. The van der Waals surface area contributed by atoms with Gasteiger partial charge in [0.15, 0.2) is 0 Å². The summed E-state index contributed by atoms with van der Waals surface area (Å²) in [6, 6.07) is 65.8. The van der Waals surface area contributed by atoms with Crippen molar-refractivity contribution in [2.75, 3.05) is 26.4 Å². The summed E-state index contributed by atoms with van der Waals surface area (Å²) in [5, 5.41) is 0. The average molecular weight is 1460 g/mol. The third-order valence-corrected chi connectivity index (χ3v) is 19.6. The summed E-state index contributed by atoms with van der Waals surface area (Å²) in [7, 11) is 0. The smallest absolute Gasteiger partial charge is 0.135 e. The molecule has 0 spiro atoms. The number of pyridine rings is 6. The van der Waals surface area contributed by atoms with Crippen LogP contribution in [0.4, 0.5) is 0 Å². The molecule has 10 heteroatoms. The lowest BCUT2D eigenvalue weighted by atomic mass is 10.0. The van der Waals surface area contributed by atoms with E-state index in [1.165, 1.54) is 103 Å². The molecule has 0 atom stereocenters. The zero-order valence-electron chi connectivity index (χ0n) is 65.2. The zero-order chi connectivity index (χ0) is 75.8. The minimum atomic E-state index is 0.590. The van der Waals surface area contributed by atoms with Crippen LogP contribution < -0.4 is 18.9 Å². The van der Waals surface area contributed by atoms with E-state index in [0.717, 1.165) is 187 Å². The highest BCUT2D eigenvalue weighted by molar-refractivity contribution is 5.83. The molecule has 562 valence electrons. The van der Waals surface area contributed by atoms with E-state index in [9.17, 15) is 0 Å². The molecule has 11 rings (SSSR count). The Bertz CT molecular complexity index is 4370. The fourth-order valence-corrected chi connectivity index (χ4v) is 13.3. The molecule has 6 aromatic heterocycles. The number of nitrogens with zero attached hydrogens (tertiary/aromatic N) is 6. The maximum absolute atomic E-state index is 6.85. The van der Waals surface area contributed by atoms with Gasteiger partial charge in [-0.15, -0.1) is 0 Å². The number of hydrogen-bond acceptors (Lipinski definition) is 10. The van der Waals surface area contributed by atoms with Crippen molar-refractivity contribution < 1.29 is 18.9 Å². The van der Waals surface area contributed by atoms with Crippen molar-refractivity contribution in [2.45, 2.75) is 182 Å². The predicted molar refractivity (Wildman–Crippen MR) is 457 cm³/mol. The minimum absolute atomic E-state index is 0.590. The highest BCUT2D eigenvalue weighted by Gasteiger charge is 2.17. The number of rotatable bonds is 42. The molecule has 0 radical (unpaired) electrons. The maximum Gasteiger partial charge on any atom is 0.135 e. The Kier molecular flexibility index (Phi) is 32.6. The number of aromatic nitrogens is 6. The Morgan fingerprint density at radius 3 is 0.827 bits per heavy atom. The first-order chi connectivity index (χ1) is 54.4. The van der Waals surface area contributed by atoms with Crippen LogP contribution in [0.1, 0.15) is 226 Å². The molecule has 0 aliphatic rings. The van der Waals surface area contributed by atoms with Crippen LogP contribution in [0.3, 0.4) is 0 Å². The maximum atomic E-state index is 6.85. The molecule has 0 fully saturated rings. The molecule has 6 heterocycles. The van der Waals surface area contributed by atoms with Gasteiger partial charge >= 0.3 is 0 Å². The summed E-state index contributed by atoms with van der Waals surface area (Å²) in [5.74, 6) is 17.2. The SMILES string of the molecule is CCCCCCCCOc1cc(/C=C\c2ccccc2/C=C/c2cc(OCCCCCCCC)c(C#Cc3ccc(-c4cc(-c5ccccn5)nc(-c5ccccn5)c4)cc3)cc2OCCCCCCCC)c(OCCCCCCCC)cc1C#Cc1ccc(-c2cc(-c3ccccn3)nc(-c3ccccn3)c2)cc1. The highest BCUT2D eigenvalue weighted by Crippen LogP contribution is 2.36. The summed E-state index contributed by atoms with van der Waals surface area (Å²) >= 11 is 0. The van der Waals surface area contributed by atoms with E-state index in [2.05, 4.69) is 217 Å². The lowest BCUT2D eigenvalue weighted by Crippen LogP contribution is -2.03. The van der Waals surface area contributed by atoms with E-state index < -0.39 is 0 Å². The molecule has 0 saturated carbocycles. The molecule has 0 bridgehead atoms. The highest BCUT2D eigenvalue weighted by atomic mass is 16.5. The Balaban J connectivity index is 0.909. The molecule has 110 heavy (non-hydrogen) atoms. The Morgan fingerprint density at radius 2 is 0.527 bits per heavy atom. The van der Waals surface area contributed by atoms with Crippen LogP contribution in [-0.2, 0) is 0 Å². The second kappa shape index (κ2) is 44.9. The zero-order valence-corrected chi connectivity index (χ0v) is 65.2. The predicted octanol–water partition coefficient (Wildman–Crippen LogP) is 26.2. The van der Waals surface area contributed by atoms with E-state index in [4.69, 9.17) is 28.9 Å². The Hall–Kier alpha value is -11.2. The molecule has 0 saturated heterocycles. The van der Waals surface area contributed by atoms with Gasteiger partial charge in [0.1, 0.15) is 23.0 Å². The summed E-state index contributed by atoms with van der Waals surface area (Å²) in [4.78, 5) is 28.6. The molecule has 5 aromatic carbocycles. The van der Waals surface area contributed by atoms with Gasteiger partial charge in [0.05, 0.1) is 83.1 Å². The summed E-state index contributed by atoms with van der Waals surface area (Å²) in [5.41, 5.74) is 17.7. The normalized spacial score (nSPS) is 11.2. The van der Waals surface area contributed by atoms with Gasteiger partial charge in [-0.2, -0.15) is 0 Å². The van der Waals surface area contributed by atoms with Crippen LogP contribution in [0.5, 0.6) is 23.0 Å². The molecular formula is C100H108N6O4. The first-order valence-corrected chi connectivity index (χ1v) is 40.7. The van der Waals surface area contributed by atoms with Crippen LogP contribution in [0.2, 0.25) is 0 Å². The number of ether oxygens (including phenoxy) is 4. The molecule has 0 aliphatic heterocycles. The number of hydrogen-bond donors (Lipinski definition) is 0. The second-order valence-corrected chi connectivity index (χ2v) is 28.3. The van der Waals surface area contributed by atoms with E-state index in [0.29, 0.717) is 26.4 Å². The molecule has 11 aromatic rings. The number of benzene rings is 5. The first-order valence-electron chi connectivity index (χ1n) is 40.7. The Morgan fingerprint density at radius 1 is 0.245 bits per heavy atom. The molecule has 0 amide bonds. The fourth-order valence-electron chi connectivity index (χ4n) is 13.3. The standard InChI is InChI=1S/C100H108N6O4/c1-5-9-13-17-21-35-65-107-97-75-85(99(109-67-37-23-19-15-11-7-3)73-83(97)55-49-77-45-51-81(52-46-77)87-69-93(89-41-27-31-61-101-89)105-94(70-87)90-42-28-32-62-102-90)59-57-79-39-25-26-40-80(79)58-60-86-76-98(108-66-36-22-18-14-10-6-2)84(74-100(86)110-68-38-24-20-16-12-8-4)56-50-78-47-53-82(54-48-78)88-71-95(91-43-29-33-63-103-91)106-96(72-88)92-44-30-34-64-104-92/h25-34,39-48,51-54,57-64,69-76H,5-24,35-38,65-68H2,1-4H3/b59-57-,60-58+. The van der Waals surface area contributed by atoms with Gasteiger partial charge in [0, 0.05) is 59.2 Å². The van der Waals surface area contributed by atoms with Crippen LogP contribution in [0.25, 0.3) is 92.1 Å². The molecule has 0 N–H and O–H groups in total. The third kappa shape index (κ3) is 25.2. The van der Waals surface area contributed by atoms with Crippen LogP contribution in [0, 0.1) is 23.7 Å².